The minimum atomic E-state index is 0.329. The molecule has 2 rings (SSSR count). The van der Waals surface area contributed by atoms with Crippen molar-refractivity contribution in [3.05, 3.63) is 24.4 Å². The fraction of sp³-hybridized carbons (Fsp3) is 0.364. The van der Waals surface area contributed by atoms with E-state index in [1.807, 2.05) is 18.2 Å². The van der Waals surface area contributed by atoms with Crippen molar-refractivity contribution in [1.29, 1.82) is 0 Å². The Morgan fingerprint density at radius 2 is 2.24 bits per heavy atom. The minimum absolute atomic E-state index is 0.329. The predicted molar refractivity (Wildman–Crippen MR) is 66.9 cm³/mol. The molecule has 0 aliphatic rings. The van der Waals surface area contributed by atoms with Crippen LogP contribution in [-0.4, -0.2) is 26.3 Å². The van der Waals surface area contributed by atoms with Crippen LogP contribution in [0.25, 0.3) is 5.82 Å². The Hall–Kier alpha value is -2.11. The van der Waals surface area contributed by atoms with Gasteiger partial charge in [0.15, 0.2) is 5.82 Å². The Labute approximate surface area is 99.9 Å². The van der Waals surface area contributed by atoms with Gasteiger partial charge in [0.05, 0.1) is 0 Å². The molecule has 0 spiro atoms. The Balaban J connectivity index is 2.20. The summed E-state index contributed by atoms with van der Waals surface area (Å²) in [7, 11) is 0. The fourth-order valence-electron chi connectivity index (χ4n) is 1.34. The Morgan fingerprint density at radius 1 is 1.41 bits per heavy atom. The van der Waals surface area contributed by atoms with Gasteiger partial charge >= 0.3 is 0 Å². The van der Waals surface area contributed by atoms with Gasteiger partial charge in [0.2, 0.25) is 11.9 Å². The molecule has 2 aromatic heterocycles. The molecule has 6 nitrogen and oxygen atoms in total. The van der Waals surface area contributed by atoms with Crippen molar-refractivity contribution in [2.24, 2.45) is 5.92 Å². The van der Waals surface area contributed by atoms with E-state index in [9.17, 15) is 0 Å². The first-order valence-corrected chi connectivity index (χ1v) is 5.54. The van der Waals surface area contributed by atoms with E-state index in [-0.39, 0.29) is 0 Å². The lowest BCUT2D eigenvalue weighted by Crippen LogP contribution is -2.09. The van der Waals surface area contributed by atoms with Crippen molar-refractivity contribution in [1.82, 2.24) is 19.7 Å². The molecule has 90 valence electrons. The van der Waals surface area contributed by atoms with E-state index in [1.54, 1.807) is 6.20 Å². The van der Waals surface area contributed by atoms with Crippen LogP contribution in [0.5, 0.6) is 0 Å². The zero-order chi connectivity index (χ0) is 12.3. The molecular weight excluding hydrogens is 216 g/mol. The van der Waals surface area contributed by atoms with Gasteiger partial charge in [-0.05, 0) is 18.1 Å². The summed E-state index contributed by atoms with van der Waals surface area (Å²) in [5, 5.41) is 7.38. The molecular formula is C11H16N6. The number of aromatic nitrogens is 4. The van der Waals surface area contributed by atoms with Gasteiger partial charge in [-0.1, -0.05) is 19.9 Å². The Kier molecular flexibility index (Phi) is 3.22. The lowest BCUT2D eigenvalue weighted by atomic mass is 10.2. The van der Waals surface area contributed by atoms with E-state index in [1.165, 1.54) is 4.68 Å². The summed E-state index contributed by atoms with van der Waals surface area (Å²) in [5.74, 6) is 2.05. The van der Waals surface area contributed by atoms with E-state index >= 15 is 0 Å². The monoisotopic (exact) mass is 232 g/mol. The first kappa shape index (κ1) is 11.4. The standard InChI is InChI=1S/C11H16N6/c1-8(2)7-14-11-15-10(12)17(16-11)9-5-3-4-6-13-9/h3-6,8H,7H2,1-2H3,(H3,12,14,15,16). The van der Waals surface area contributed by atoms with Crippen LogP contribution in [-0.2, 0) is 0 Å². The summed E-state index contributed by atoms with van der Waals surface area (Å²) in [4.78, 5) is 8.31. The molecule has 2 heterocycles. The first-order valence-electron chi connectivity index (χ1n) is 5.54. The highest BCUT2D eigenvalue weighted by Gasteiger charge is 2.09. The van der Waals surface area contributed by atoms with Crippen LogP contribution in [0.15, 0.2) is 24.4 Å². The van der Waals surface area contributed by atoms with Crippen LogP contribution in [0, 0.1) is 5.92 Å². The lowest BCUT2D eigenvalue weighted by molar-refractivity contribution is 0.684. The second-order valence-electron chi connectivity index (χ2n) is 4.17. The van der Waals surface area contributed by atoms with Gasteiger partial charge in [0.1, 0.15) is 0 Å². The van der Waals surface area contributed by atoms with E-state index < -0.39 is 0 Å². The fourth-order valence-corrected chi connectivity index (χ4v) is 1.34. The third-order valence-corrected chi connectivity index (χ3v) is 2.17. The highest BCUT2D eigenvalue weighted by molar-refractivity contribution is 5.38. The molecule has 6 heteroatoms. The maximum absolute atomic E-state index is 5.79. The van der Waals surface area contributed by atoms with Crippen LogP contribution < -0.4 is 11.1 Å². The molecule has 0 radical (unpaired) electrons. The number of nitrogens with zero attached hydrogens (tertiary/aromatic N) is 4. The minimum Gasteiger partial charge on any atom is -0.368 e. The van der Waals surface area contributed by atoms with Crippen molar-refractivity contribution in [3.63, 3.8) is 0 Å². The van der Waals surface area contributed by atoms with Crippen LogP contribution >= 0.6 is 0 Å². The highest BCUT2D eigenvalue weighted by Crippen LogP contribution is 2.11. The maximum atomic E-state index is 5.79. The number of anilines is 2. The van der Waals surface area contributed by atoms with Gasteiger partial charge in [-0.15, -0.1) is 5.10 Å². The van der Waals surface area contributed by atoms with Gasteiger partial charge in [-0.3, -0.25) is 0 Å². The number of nitrogen functional groups attached to an aromatic ring is 1. The smallest absolute Gasteiger partial charge is 0.244 e. The molecule has 3 N–H and O–H groups in total. The molecule has 0 aliphatic carbocycles. The van der Waals surface area contributed by atoms with Gasteiger partial charge in [-0.2, -0.15) is 9.67 Å². The van der Waals surface area contributed by atoms with E-state index in [2.05, 4.69) is 34.2 Å². The molecule has 0 amide bonds. The first-order chi connectivity index (χ1) is 8.16. The molecule has 0 aliphatic heterocycles. The third-order valence-electron chi connectivity index (χ3n) is 2.17. The predicted octanol–water partition coefficient (Wildman–Crippen LogP) is 1.31. The van der Waals surface area contributed by atoms with E-state index in [0.717, 1.165) is 6.54 Å². The van der Waals surface area contributed by atoms with Crippen molar-refractivity contribution in [2.45, 2.75) is 13.8 Å². The summed E-state index contributed by atoms with van der Waals surface area (Å²) in [5.41, 5.74) is 5.79. The van der Waals surface area contributed by atoms with Gasteiger partial charge in [-0.25, -0.2) is 4.98 Å². The average molecular weight is 232 g/mol. The largest absolute Gasteiger partial charge is 0.368 e. The number of hydrogen-bond acceptors (Lipinski definition) is 5. The van der Waals surface area contributed by atoms with Gasteiger partial charge in [0, 0.05) is 12.7 Å². The van der Waals surface area contributed by atoms with Crippen LogP contribution in [0.4, 0.5) is 11.9 Å². The maximum Gasteiger partial charge on any atom is 0.244 e. The second kappa shape index (κ2) is 4.82. The normalized spacial score (nSPS) is 10.8. The summed E-state index contributed by atoms with van der Waals surface area (Å²) < 4.78 is 1.52. The van der Waals surface area contributed by atoms with Crippen LogP contribution in [0.2, 0.25) is 0 Å². The Bertz CT molecular complexity index is 476. The molecule has 0 atom stereocenters. The van der Waals surface area contributed by atoms with Crippen molar-refractivity contribution < 1.29 is 0 Å². The molecule has 0 bridgehead atoms. The zero-order valence-electron chi connectivity index (χ0n) is 9.96. The number of pyridine rings is 1. The molecule has 0 fully saturated rings. The molecule has 17 heavy (non-hydrogen) atoms. The third kappa shape index (κ3) is 2.72. The molecule has 0 aromatic carbocycles. The van der Waals surface area contributed by atoms with Crippen molar-refractivity contribution in [3.8, 4) is 5.82 Å². The summed E-state index contributed by atoms with van der Waals surface area (Å²) in [6, 6.07) is 5.55. The number of rotatable bonds is 4. The van der Waals surface area contributed by atoms with Crippen molar-refractivity contribution in [2.75, 3.05) is 17.6 Å². The summed E-state index contributed by atoms with van der Waals surface area (Å²) in [6.45, 7) is 5.05. The molecule has 0 unspecified atom stereocenters. The topological polar surface area (TPSA) is 81.6 Å². The average Bonchev–Trinajstić information content (AvgIpc) is 2.69. The number of hydrogen-bond donors (Lipinski definition) is 2. The van der Waals surface area contributed by atoms with E-state index in [0.29, 0.717) is 23.6 Å². The zero-order valence-corrected chi connectivity index (χ0v) is 9.96. The van der Waals surface area contributed by atoms with Gasteiger partial charge in [0.25, 0.3) is 0 Å². The SMILES string of the molecule is CC(C)CNc1nc(N)n(-c2ccccn2)n1. The summed E-state index contributed by atoms with van der Waals surface area (Å²) >= 11 is 0. The highest BCUT2D eigenvalue weighted by atomic mass is 15.4. The molecule has 0 saturated heterocycles. The lowest BCUT2D eigenvalue weighted by Gasteiger charge is -2.03. The van der Waals surface area contributed by atoms with E-state index in [4.69, 9.17) is 5.73 Å². The van der Waals surface area contributed by atoms with Crippen LogP contribution in [0.1, 0.15) is 13.8 Å². The second-order valence-corrected chi connectivity index (χ2v) is 4.17. The van der Waals surface area contributed by atoms with Crippen molar-refractivity contribution >= 4 is 11.9 Å². The molecule has 2 aromatic rings. The quantitative estimate of drug-likeness (QED) is 0.830. The number of nitrogens with one attached hydrogen (secondary N) is 1. The number of nitrogens with two attached hydrogens (primary N) is 1. The Morgan fingerprint density at radius 3 is 2.88 bits per heavy atom. The van der Waals surface area contributed by atoms with Gasteiger partial charge < -0.3 is 11.1 Å². The summed E-state index contributed by atoms with van der Waals surface area (Å²) in [6.07, 6.45) is 1.69. The van der Waals surface area contributed by atoms with Crippen LogP contribution in [0.3, 0.4) is 0 Å². The molecule has 0 saturated carbocycles.